The number of hydrogen-bond donors (Lipinski definition) is 1. The largest absolute Gasteiger partial charge is 0.490 e. The van der Waals surface area contributed by atoms with E-state index < -0.39 is 15.7 Å². The summed E-state index contributed by atoms with van der Waals surface area (Å²) >= 11 is 5.90. The van der Waals surface area contributed by atoms with Crippen molar-refractivity contribution in [1.82, 2.24) is 5.32 Å². The third-order valence-corrected chi connectivity index (χ3v) is 4.63. The average molecular weight is 334 g/mol. The Bertz CT molecular complexity index is 599. The number of sulfone groups is 1. The lowest BCUT2D eigenvalue weighted by molar-refractivity contribution is 0.0950. The van der Waals surface area contributed by atoms with Gasteiger partial charge in [0.1, 0.15) is 5.75 Å². The minimum atomic E-state index is -3.11. The number of halogens is 1. The van der Waals surface area contributed by atoms with Gasteiger partial charge in [0, 0.05) is 17.3 Å². The molecule has 0 aliphatic carbocycles. The molecule has 0 saturated carbocycles. The van der Waals surface area contributed by atoms with Crippen molar-refractivity contribution in [3.8, 4) is 5.75 Å². The van der Waals surface area contributed by atoms with E-state index in [1.54, 1.807) is 19.1 Å². The van der Waals surface area contributed by atoms with E-state index in [4.69, 9.17) is 16.3 Å². The van der Waals surface area contributed by atoms with Crippen molar-refractivity contribution in [2.24, 2.45) is 0 Å². The Kier molecular flexibility index (Phi) is 6.48. The van der Waals surface area contributed by atoms with Crippen molar-refractivity contribution in [3.63, 3.8) is 0 Å². The molecule has 5 nitrogen and oxygen atoms in total. The third kappa shape index (κ3) is 5.93. The van der Waals surface area contributed by atoms with Gasteiger partial charge in [0.05, 0.1) is 17.4 Å². The predicted molar refractivity (Wildman–Crippen MR) is 83.9 cm³/mol. The summed E-state index contributed by atoms with van der Waals surface area (Å²) in [4.78, 5) is 12.1. The van der Waals surface area contributed by atoms with Crippen LogP contribution < -0.4 is 10.1 Å². The summed E-state index contributed by atoms with van der Waals surface area (Å²) in [5.41, 5.74) is 0.296. The molecule has 0 heterocycles. The van der Waals surface area contributed by atoms with Crippen molar-refractivity contribution in [2.75, 3.05) is 18.1 Å². The monoisotopic (exact) mass is 333 g/mol. The molecule has 0 fully saturated rings. The topological polar surface area (TPSA) is 72.5 Å². The predicted octanol–water partition coefficient (Wildman–Crippen LogP) is 2.29. The summed E-state index contributed by atoms with van der Waals surface area (Å²) in [6, 6.07) is 4.76. The molecule has 0 atom stereocenters. The Labute approximate surface area is 130 Å². The number of carbonyl (C=O) groups is 1. The van der Waals surface area contributed by atoms with Crippen LogP contribution in [0.1, 0.15) is 31.1 Å². The highest BCUT2D eigenvalue weighted by molar-refractivity contribution is 7.91. The smallest absolute Gasteiger partial charge is 0.255 e. The SMILES string of the molecule is CCS(=O)(=O)CCNC(=O)c1cc(Cl)ccc1OC(C)C. The lowest BCUT2D eigenvalue weighted by Gasteiger charge is -2.14. The summed E-state index contributed by atoms with van der Waals surface area (Å²) in [6.45, 7) is 5.33. The van der Waals surface area contributed by atoms with Gasteiger partial charge in [0.25, 0.3) is 5.91 Å². The van der Waals surface area contributed by atoms with Gasteiger partial charge in [0.2, 0.25) is 0 Å². The van der Waals surface area contributed by atoms with Gasteiger partial charge in [-0.05, 0) is 32.0 Å². The fourth-order valence-corrected chi connectivity index (χ4v) is 2.47. The van der Waals surface area contributed by atoms with Gasteiger partial charge in [-0.1, -0.05) is 18.5 Å². The number of rotatable bonds is 7. The van der Waals surface area contributed by atoms with E-state index in [0.29, 0.717) is 16.3 Å². The van der Waals surface area contributed by atoms with E-state index in [1.165, 1.54) is 6.07 Å². The van der Waals surface area contributed by atoms with Crippen LogP contribution in [0.15, 0.2) is 18.2 Å². The molecule has 1 aromatic carbocycles. The molecule has 1 aromatic rings. The molecular formula is C14H20ClNO4S. The standard InChI is InChI=1S/C14H20ClNO4S/c1-4-21(18,19)8-7-16-14(17)12-9-11(15)5-6-13(12)20-10(2)3/h5-6,9-10H,4,7-8H2,1-3H3,(H,16,17). The first-order chi connectivity index (χ1) is 9.75. The van der Waals surface area contributed by atoms with Gasteiger partial charge in [-0.2, -0.15) is 0 Å². The normalized spacial score (nSPS) is 11.5. The van der Waals surface area contributed by atoms with Gasteiger partial charge >= 0.3 is 0 Å². The van der Waals surface area contributed by atoms with Gasteiger partial charge in [-0.15, -0.1) is 0 Å². The van der Waals surface area contributed by atoms with Crippen LogP contribution in [0.3, 0.4) is 0 Å². The maximum Gasteiger partial charge on any atom is 0.255 e. The van der Waals surface area contributed by atoms with Crippen LogP contribution in [0.25, 0.3) is 0 Å². The highest BCUT2D eigenvalue weighted by Gasteiger charge is 2.15. The van der Waals surface area contributed by atoms with E-state index in [2.05, 4.69) is 5.32 Å². The molecule has 0 aliphatic rings. The first-order valence-corrected chi connectivity index (χ1v) is 8.90. The molecule has 0 unspecified atom stereocenters. The lowest BCUT2D eigenvalue weighted by Crippen LogP contribution is -2.30. The highest BCUT2D eigenvalue weighted by atomic mass is 35.5. The van der Waals surface area contributed by atoms with Gasteiger partial charge in [-0.25, -0.2) is 8.42 Å². The fraction of sp³-hybridized carbons (Fsp3) is 0.500. The average Bonchev–Trinajstić information content (AvgIpc) is 2.40. The molecule has 118 valence electrons. The zero-order chi connectivity index (χ0) is 16.0. The minimum Gasteiger partial charge on any atom is -0.490 e. The van der Waals surface area contributed by atoms with Crippen molar-refractivity contribution >= 4 is 27.3 Å². The second-order valence-corrected chi connectivity index (χ2v) is 7.71. The molecule has 0 aliphatic heterocycles. The fourth-order valence-electron chi connectivity index (χ4n) is 1.60. The zero-order valence-corrected chi connectivity index (χ0v) is 13.9. The van der Waals surface area contributed by atoms with E-state index in [1.807, 2.05) is 13.8 Å². The Morgan fingerprint density at radius 3 is 2.62 bits per heavy atom. The number of hydrogen-bond acceptors (Lipinski definition) is 4. The Morgan fingerprint density at radius 2 is 2.05 bits per heavy atom. The molecule has 0 aromatic heterocycles. The van der Waals surface area contributed by atoms with Crippen molar-refractivity contribution < 1.29 is 17.9 Å². The molecule has 1 amide bonds. The number of amides is 1. The number of benzene rings is 1. The Balaban J connectivity index is 2.79. The molecule has 0 bridgehead atoms. The van der Waals surface area contributed by atoms with Crippen molar-refractivity contribution in [3.05, 3.63) is 28.8 Å². The summed E-state index contributed by atoms with van der Waals surface area (Å²) in [5.74, 6) is -0.0116. The molecule has 0 saturated heterocycles. The second kappa shape index (κ2) is 7.66. The number of nitrogens with one attached hydrogen (secondary N) is 1. The molecule has 1 rings (SSSR count). The first-order valence-electron chi connectivity index (χ1n) is 6.70. The van der Waals surface area contributed by atoms with Crippen LogP contribution in [-0.2, 0) is 9.84 Å². The molecule has 1 N–H and O–H groups in total. The number of ether oxygens (including phenoxy) is 1. The number of carbonyl (C=O) groups excluding carboxylic acids is 1. The first kappa shape index (κ1) is 17.8. The molecule has 7 heteroatoms. The van der Waals surface area contributed by atoms with Crippen molar-refractivity contribution in [1.29, 1.82) is 0 Å². The molecular weight excluding hydrogens is 314 g/mol. The third-order valence-electron chi connectivity index (χ3n) is 2.69. The molecule has 0 spiro atoms. The van der Waals surface area contributed by atoms with Gasteiger partial charge in [-0.3, -0.25) is 4.79 Å². The van der Waals surface area contributed by atoms with Crippen LogP contribution in [0.5, 0.6) is 5.75 Å². The maximum absolute atomic E-state index is 12.1. The van der Waals surface area contributed by atoms with Crippen molar-refractivity contribution in [2.45, 2.75) is 26.9 Å². The Morgan fingerprint density at radius 1 is 1.38 bits per heavy atom. The van der Waals surface area contributed by atoms with Gasteiger partial charge in [0.15, 0.2) is 9.84 Å². The second-order valence-electron chi connectivity index (χ2n) is 4.80. The summed E-state index contributed by atoms with van der Waals surface area (Å²) < 4.78 is 28.3. The van der Waals surface area contributed by atoms with Gasteiger partial charge < -0.3 is 10.1 Å². The highest BCUT2D eigenvalue weighted by Crippen LogP contribution is 2.23. The molecule has 21 heavy (non-hydrogen) atoms. The van der Waals surface area contributed by atoms with E-state index in [-0.39, 0.29) is 24.2 Å². The van der Waals surface area contributed by atoms with Crippen LogP contribution in [0.2, 0.25) is 5.02 Å². The maximum atomic E-state index is 12.1. The van der Waals surface area contributed by atoms with Crippen LogP contribution in [0, 0.1) is 0 Å². The summed E-state index contributed by atoms with van der Waals surface area (Å²) in [7, 11) is -3.11. The Hall–Kier alpha value is -1.27. The van der Waals surface area contributed by atoms with Crippen LogP contribution in [0.4, 0.5) is 0 Å². The van der Waals surface area contributed by atoms with E-state index in [0.717, 1.165) is 0 Å². The lowest BCUT2D eigenvalue weighted by atomic mass is 10.2. The zero-order valence-electron chi connectivity index (χ0n) is 12.3. The van der Waals surface area contributed by atoms with E-state index in [9.17, 15) is 13.2 Å². The van der Waals surface area contributed by atoms with Crippen LogP contribution in [-0.4, -0.2) is 38.5 Å². The molecule has 0 radical (unpaired) electrons. The van der Waals surface area contributed by atoms with Crippen LogP contribution >= 0.6 is 11.6 Å². The quantitative estimate of drug-likeness (QED) is 0.831. The van der Waals surface area contributed by atoms with E-state index >= 15 is 0 Å². The summed E-state index contributed by atoms with van der Waals surface area (Å²) in [5, 5.41) is 2.99. The summed E-state index contributed by atoms with van der Waals surface area (Å²) in [6.07, 6.45) is -0.0850. The minimum absolute atomic E-state index is 0.0573.